The molecule has 8 heteroatoms. The molecule has 3 rings (SSSR count). The van der Waals surface area contributed by atoms with Crippen LogP contribution >= 0.6 is 0 Å². The Kier molecular flexibility index (Phi) is 5.86. The Morgan fingerprint density at radius 2 is 2.22 bits per heavy atom. The van der Waals surface area contributed by atoms with E-state index in [9.17, 15) is 4.39 Å². The third kappa shape index (κ3) is 4.51. The molecule has 0 saturated carbocycles. The number of morpholine rings is 1. The quantitative estimate of drug-likeness (QED) is 0.767. The molecule has 7 nitrogen and oxygen atoms in total. The number of anilines is 1. The first kappa shape index (κ1) is 19.4. The molecule has 2 aliphatic rings. The molecular weight excluding hydrogens is 349 g/mol. The molecule has 1 unspecified atom stereocenters. The first-order valence-corrected chi connectivity index (χ1v) is 9.14. The van der Waals surface area contributed by atoms with Gasteiger partial charge in [0.2, 0.25) is 0 Å². The van der Waals surface area contributed by atoms with Crippen molar-refractivity contribution in [1.82, 2.24) is 9.97 Å². The van der Waals surface area contributed by atoms with E-state index >= 15 is 0 Å². The fraction of sp³-hybridized carbons (Fsp3) is 0.526. The van der Waals surface area contributed by atoms with E-state index in [1.807, 2.05) is 20.8 Å². The zero-order valence-electron chi connectivity index (χ0n) is 15.9. The van der Waals surface area contributed by atoms with Crippen LogP contribution < -0.4 is 10.6 Å². The normalized spacial score (nSPS) is 23.6. The van der Waals surface area contributed by atoms with Crippen molar-refractivity contribution in [3.63, 3.8) is 0 Å². The van der Waals surface area contributed by atoms with Gasteiger partial charge in [-0.2, -0.15) is 0 Å². The number of nitrogens with one attached hydrogen (secondary N) is 1. The van der Waals surface area contributed by atoms with Crippen molar-refractivity contribution < 1.29 is 13.9 Å². The summed E-state index contributed by atoms with van der Waals surface area (Å²) >= 11 is 0. The van der Waals surface area contributed by atoms with Gasteiger partial charge >= 0.3 is 0 Å². The molecule has 0 bridgehead atoms. The van der Waals surface area contributed by atoms with Crippen LogP contribution in [0.15, 0.2) is 35.6 Å². The lowest BCUT2D eigenvalue weighted by molar-refractivity contribution is 0.0171. The van der Waals surface area contributed by atoms with Crippen molar-refractivity contribution in [3.8, 4) is 0 Å². The van der Waals surface area contributed by atoms with E-state index in [0.29, 0.717) is 17.9 Å². The second-order valence-corrected chi connectivity index (χ2v) is 7.10. The van der Waals surface area contributed by atoms with Gasteiger partial charge in [-0.15, -0.1) is 0 Å². The summed E-state index contributed by atoms with van der Waals surface area (Å²) in [6, 6.07) is 1.77. The smallest absolute Gasteiger partial charge is 0.132 e. The number of halogens is 1. The molecule has 0 amide bonds. The number of allylic oxidation sites excluding steroid dienone is 1. The molecule has 0 aromatic carbocycles. The second kappa shape index (κ2) is 8.14. The van der Waals surface area contributed by atoms with Crippen LogP contribution in [0.1, 0.15) is 32.9 Å². The van der Waals surface area contributed by atoms with E-state index in [4.69, 9.17) is 20.6 Å². The highest BCUT2D eigenvalue weighted by molar-refractivity contribution is 6.10. The van der Waals surface area contributed by atoms with Gasteiger partial charge in [-0.3, -0.25) is 5.41 Å². The maximum absolute atomic E-state index is 14.1. The van der Waals surface area contributed by atoms with E-state index in [-0.39, 0.29) is 30.0 Å². The van der Waals surface area contributed by atoms with Crippen LogP contribution in [-0.2, 0) is 9.47 Å². The molecule has 27 heavy (non-hydrogen) atoms. The molecule has 2 atom stereocenters. The first-order chi connectivity index (χ1) is 12.8. The average Bonchev–Trinajstić information content (AvgIpc) is 2.63. The van der Waals surface area contributed by atoms with E-state index < -0.39 is 11.9 Å². The Labute approximate surface area is 158 Å². The van der Waals surface area contributed by atoms with Gasteiger partial charge in [0.15, 0.2) is 0 Å². The average molecular weight is 375 g/mol. The Bertz CT molecular complexity index is 777. The predicted octanol–water partition coefficient (Wildman–Crippen LogP) is 2.33. The number of aromatic nitrogens is 2. The molecule has 1 aromatic rings. The fourth-order valence-electron chi connectivity index (χ4n) is 3.26. The molecule has 1 aromatic heterocycles. The number of hydrogen-bond donors (Lipinski definition) is 2. The zero-order valence-corrected chi connectivity index (χ0v) is 15.9. The van der Waals surface area contributed by atoms with Crippen LogP contribution in [0.3, 0.4) is 0 Å². The largest absolute Gasteiger partial charge is 0.398 e. The molecule has 1 fully saturated rings. The number of ether oxygens (including phenoxy) is 2. The van der Waals surface area contributed by atoms with Crippen molar-refractivity contribution in [2.24, 2.45) is 5.73 Å². The van der Waals surface area contributed by atoms with Crippen LogP contribution in [0.5, 0.6) is 0 Å². The van der Waals surface area contributed by atoms with Gasteiger partial charge in [0.05, 0.1) is 30.2 Å². The fourth-order valence-corrected chi connectivity index (χ4v) is 3.26. The van der Waals surface area contributed by atoms with Gasteiger partial charge in [-0.1, -0.05) is 0 Å². The predicted molar refractivity (Wildman–Crippen MR) is 102 cm³/mol. The lowest BCUT2D eigenvalue weighted by Crippen LogP contribution is -2.41. The summed E-state index contributed by atoms with van der Waals surface area (Å²) in [6.07, 6.45) is 2.16. The van der Waals surface area contributed by atoms with Gasteiger partial charge in [0.25, 0.3) is 0 Å². The SMILES string of the molecule is CC(C)O[C@@H]1CC(C(=N)c2cc(N3CCOC(C)C3)ncn2)=C(N)C=C1F. The van der Waals surface area contributed by atoms with Crippen molar-refractivity contribution in [1.29, 1.82) is 5.41 Å². The summed E-state index contributed by atoms with van der Waals surface area (Å²) in [5, 5.41) is 8.56. The van der Waals surface area contributed by atoms with Crippen LogP contribution in [0.25, 0.3) is 0 Å². The zero-order chi connectivity index (χ0) is 19.6. The molecule has 1 aliphatic carbocycles. The topological polar surface area (TPSA) is 97.3 Å². The molecule has 146 valence electrons. The van der Waals surface area contributed by atoms with Gasteiger partial charge < -0.3 is 20.1 Å². The van der Waals surface area contributed by atoms with Gasteiger partial charge in [0.1, 0.15) is 24.1 Å². The number of nitrogens with two attached hydrogens (primary N) is 1. The Morgan fingerprint density at radius 1 is 1.44 bits per heavy atom. The lowest BCUT2D eigenvalue weighted by atomic mass is 9.93. The third-order valence-electron chi connectivity index (χ3n) is 4.55. The van der Waals surface area contributed by atoms with E-state index in [1.54, 1.807) is 6.07 Å². The molecular formula is C19H26FN5O2. The molecule has 1 saturated heterocycles. The maximum atomic E-state index is 14.1. The van der Waals surface area contributed by atoms with E-state index in [2.05, 4.69) is 14.9 Å². The highest BCUT2D eigenvalue weighted by Crippen LogP contribution is 2.29. The Morgan fingerprint density at radius 3 is 2.93 bits per heavy atom. The van der Waals surface area contributed by atoms with E-state index in [0.717, 1.165) is 18.9 Å². The van der Waals surface area contributed by atoms with E-state index in [1.165, 1.54) is 12.4 Å². The van der Waals surface area contributed by atoms with Gasteiger partial charge in [0, 0.05) is 36.8 Å². The van der Waals surface area contributed by atoms with Crippen molar-refractivity contribution in [2.75, 3.05) is 24.6 Å². The monoisotopic (exact) mass is 375 g/mol. The molecule has 2 heterocycles. The van der Waals surface area contributed by atoms with Gasteiger partial charge in [-0.05, 0) is 26.8 Å². The molecule has 1 aliphatic heterocycles. The summed E-state index contributed by atoms with van der Waals surface area (Å²) in [4.78, 5) is 10.7. The van der Waals surface area contributed by atoms with Crippen molar-refractivity contribution in [3.05, 3.63) is 41.3 Å². The maximum Gasteiger partial charge on any atom is 0.132 e. The summed E-state index contributed by atoms with van der Waals surface area (Å²) in [5.74, 6) is 0.329. The number of hydrogen-bond acceptors (Lipinski definition) is 7. The van der Waals surface area contributed by atoms with Gasteiger partial charge in [-0.25, -0.2) is 14.4 Å². The van der Waals surface area contributed by atoms with Crippen LogP contribution in [0, 0.1) is 5.41 Å². The minimum absolute atomic E-state index is 0.121. The van der Waals surface area contributed by atoms with Crippen LogP contribution in [0.4, 0.5) is 10.2 Å². The van der Waals surface area contributed by atoms with Crippen molar-refractivity contribution in [2.45, 2.75) is 45.5 Å². The molecule has 3 N–H and O–H groups in total. The van der Waals surface area contributed by atoms with Crippen molar-refractivity contribution >= 4 is 11.5 Å². The summed E-state index contributed by atoms with van der Waals surface area (Å²) in [7, 11) is 0. The second-order valence-electron chi connectivity index (χ2n) is 7.10. The first-order valence-electron chi connectivity index (χ1n) is 9.14. The summed E-state index contributed by atoms with van der Waals surface area (Å²) in [5.41, 5.74) is 7.38. The standard InChI is InChI=1S/C19H26FN5O2/c1-11(2)27-17-6-13(15(21)7-14(17)20)19(22)16-8-18(24-10-23-16)25-4-5-26-12(3)9-25/h7-8,10-12,17,22H,4-6,9,21H2,1-3H3/t12?,17-/m1/s1. The highest BCUT2D eigenvalue weighted by Gasteiger charge is 2.28. The van der Waals surface area contributed by atoms with Crippen LogP contribution in [-0.4, -0.2) is 53.7 Å². The Balaban J connectivity index is 1.83. The Hall–Kier alpha value is -2.32. The minimum atomic E-state index is -0.728. The highest BCUT2D eigenvalue weighted by atomic mass is 19.1. The summed E-state index contributed by atoms with van der Waals surface area (Å²) in [6.45, 7) is 7.80. The molecule has 0 spiro atoms. The number of nitrogens with zero attached hydrogens (tertiary/aromatic N) is 3. The lowest BCUT2D eigenvalue weighted by Gasteiger charge is -2.32. The number of rotatable bonds is 5. The third-order valence-corrected chi connectivity index (χ3v) is 4.55. The molecule has 0 radical (unpaired) electrons. The minimum Gasteiger partial charge on any atom is -0.398 e. The summed E-state index contributed by atoms with van der Waals surface area (Å²) < 4.78 is 25.3. The van der Waals surface area contributed by atoms with Crippen LogP contribution in [0.2, 0.25) is 0 Å².